The summed E-state index contributed by atoms with van der Waals surface area (Å²) in [5, 5.41) is 0. The van der Waals surface area contributed by atoms with Gasteiger partial charge in [0.25, 0.3) is 5.91 Å². The maximum atomic E-state index is 12.3. The minimum absolute atomic E-state index is 0.0956. The fourth-order valence-electron chi connectivity index (χ4n) is 2.70. The van der Waals surface area contributed by atoms with Gasteiger partial charge in [0.05, 0.1) is 0 Å². The van der Waals surface area contributed by atoms with Crippen LogP contribution in [0.3, 0.4) is 0 Å². The van der Waals surface area contributed by atoms with Crippen molar-refractivity contribution in [2.75, 3.05) is 6.79 Å². The Labute approximate surface area is 116 Å². The van der Waals surface area contributed by atoms with Crippen molar-refractivity contribution in [2.24, 2.45) is 0 Å². The molecule has 20 heavy (non-hydrogen) atoms. The Bertz CT molecular complexity index is 696. The highest BCUT2D eigenvalue weighted by Crippen LogP contribution is 2.33. The van der Waals surface area contributed by atoms with Gasteiger partial charge < -0.3 is 14.4 Å². The number of amides is 1. The van der Waals surface area contributed by atoms with E-state index in [9.17, 15) is 4.79 Å². The Morgan fingerprint density at radius 3 is 2.80 bits per heavy atom. The number of rotatable bonds is 2. The third-order valence-corrected chi connectivity index (χ3v) is 3.71. The summed E-state index contributed by atoms with van der Waals surface area (Å²) in [6.45, 7) is 1.53. The average Bonchev–Trinajstić information content (AvgIpc) is 3.05. The summed E-state index contributed by atoms with van der Waals surface area (Å²) in [6.07, 6.45) is 0. The Morgan fingerprint density at radius 1 is 1.05 bits per heavy atom. The van der Waals surface area contributed by atoms with Crippen LogP contribution < -0.4 is 9.47 Å². The van der Waals surface area contributed by atoms with Crippen molar-refractivity contribution in [3.05, 3.63) is 59.2 Å². The summed E-state index contributed by atoms with van der Waals surface area (Å²) in [6, 6.07) is 13.6. The van der Waals surface area contributed by atoms with E-state index in [4.69, 9.17) is 9.47 Å². The van der Waals surface area contributed by atoms with Gasteiger partial charge in [-0.05, 0) is 29.3 Å². The zero-order chi connectivity index (χ0) is 13.5. The molecular formula is C16H13NO3. The van der Waals surface area contributed by atoms with E-state index < -0.39 is 0 Å². The fourth-order valence-corrected chi connectivity index (χ4v) is 2.70. The third-order valence-electron chi connectivity index (χ3n) is 3.71. The molecule has 0 bridgehead atoms. The van der Waals surface area contributed by atoms with Gasteiger partial charge in [-0.2, -0.15) is 0 Å². The van der Waals surface area contributed by atoms with Gasteiger partial charge in [0.15, 0.2) is 11.5 Å². The molecule has 0 radical (unpaired) electrons. The molecule has 0 N–H and O–H groups in total. The molecule has 2 heterocycles. The minimum atomic E-state index is 0.0956. The second-order valence-electron chi connectivity index (χ2n) is 5.01. The molecule has 0 fully saturated rings. The molecular weight excluding hydrogens is 254 g/mol. The van der Waals surface area contributed by atoms with Crippen molar-refractivity contribution in [1.29, 1.82) is 0 Å². The average molecular weight is 267 g/mol. The fraction of sp³-hybridized carbons (Fsp3) is 0.188. The molecule has 0 aromatic heterocycles. The summed E-state index contributed by atoms with van der Waals surface area (Å²) in [5.74, 6) is 1.62. The topological polar surface area (TPSA) is 38.8 Å². The summed E-state index contributed by atoms with van der Waals surface area (Å²) >= 11 is 0. The van der Waals surface area contributed by atoms with Crippen LogP contribution in [-0.2, 0) is 13.1 Å². The quantitative estimate of drug-likeness (QED) is 0.839. The Balaban J connectivity index is 1.58. The molecule has 0 saturated heterocycles. The molecule has 100 valence electrons. The van der Waals surface area contributed by atoms with Gasteiger partial charge in [-0.25, -0.2) is 0 Å². The number of hydrogen-bond donors (Lipinski definition) is 0. The molecule has 2 aromatic rings. The van der Waals surface area contributed by atoms with Crippen molar-refractivity contribution < 1.29 is 14.3 Å². The van der Waals surface area contributed by atoms with E-state index in [1.165, 1.54) is 0 Å². The van der Waals surface area contributed by atoms with Crippen molar-refractivity contribution in [3.8, 4) is 11.5 Å². The first kappa shape index (κ1) is 11.3. The molecule has 2 aliphatic rings. The lowest BCUT2D eigenvalue weighted by Crippen LogP contribution is -2.23. The van der Waals surface area contributed by atoms with Crippen molar-refractivity contribution in [2.45, 2.75) is 13.1 Å². The predicted molar refractivity (Wildman–Crippen MR) is 72.6 cm³/mol. The largest absolute Gasteiger partial charge is 0.454 e. The van der Waals surface area contributed by atoms with Crippen LogP contribution in [0.1, 0.15) is 21.5 Å². The molecule has 0 aliphatic carbocycles. The van der Waals surface area contributed by atoms with Crippen molar-refractivity contribution in [1.82, 2.24) is 4.90 Å². The highest BCUT2D eigenvalue weighted by Gasteiger charge is 2.27. The summed E-state index contributed by atoms with van der Waals surface area (Å²) in [4.78, 5) is 14.2. The number of ether oxygens (including phenoxy) is 2. The van der Waals surface area contributed by atoms with Gasteiger partial charge in [0.1, 0.15) is 0 Å². The zero-order valence-corrected chi connectivity index (χ0v) is 10.8. The maximum absolute atomic E-state index is 12.3. The zero-order valence-electron chi connectivity index (χ0n) is 10.8. The first-order chi connectivity index (χ1) is 9.81. The lowest BCUT2D eigenvalue weighted by atomic mass is 10.1. The first-order valence-corrected chi connectivity index (χ1v) is 6.57. The molecule has 4 nitrogen and oxygen atoms in total. The van der Waals surface area contributed by atoms with Crippen LogP contribution in [0.5, 0.6) is 11.5 Å². The summed E-state index contributed by atoms with van der Waals surface area (Å²) in [7, 11) is 0. The summed E-state index contributed by atoms with van der Waals surface area (Å²) in [5.41, 5.74) is 2.96. The van der Waals surface area contributed by atoms with Crippen LogP contribution in [0.2, 0.25) is 0 Å². The molecule has 4 heteroatoms. The Morgan fingerprint density at radius 2 is 1.90 bits per heavy atom. The highest BCUT2D eigenvalue weighted by molar-refractivity contribution is 5.98. The number of nitrogens with zero attached hydrogens (tertiary/aromatic N) is 1. The minimum Gasteiger partial charge on any atom is -0.454 e. The molecule has 0 unspecified atom stereocenters. The van der Waals surface area contributed by atoms with Crippen LogP contribution in [-0.4, -0.2) is 17.6 Å². The van der Waals surface area contributed by atoms with Crippen LogP contribution >= 0.6 is 0 Å². The SMILES string of the molecule is O=C1c2ccccc2CN1Cc1ccc2c(c1)OCO2. The lowest BCUT2D eigenvalue weighted by molar-refractivity contribution is 0.0766. The van der Waals surface area contributed by atoms with Crippen LogP contribution in [0, 0.1) is 0 Å². The van der Waals surface area contributed by atoms with E-state index in [0.717, 1.165) is 28.2 Å². The van der Waals surface area contributed by atoms with Crippen LogP contribution in [0.25, 0.3) is 0 Å². The van der Waals surface area contributed by atoms with E-state index in [1.807, 2.05) is 47.4 Å². The van der Waals surface area contributed by atoms with Gasteiger partial charge in [0.2, 0.25) is 6.79 Å². The van der Waals surface area contributed by atoms with E-state index in [0.29, 0.717) is 13.1 Å². The third kappa shape index (κ3) is 1.72. The lowest BCUT2D eigenvalue weighted by Gasteiger charge is -2.15. The van der Waals surface area contributed by atoms with Gasteiger partial charge in [0, 0.05) is 18.7 Å². The van der Waals surface area contributed by atoms with Gasteiger partial charge in [-0.1, -0.05) is 24.3 Å². The van der Waals surface area contributed by atoms with Crippen LogP contribution in [0.15, 0.2) is 42.5 Å². The molecule has 0 spiro atoms. The number of benzene rings is 2. The van der Waals surface area contributed by atoms with Crippen molar-refractivity contribution in [3.63, 3.8) is 0 Å². The van der Waals surface area contributed by atoms with E-state index >= 15 is 0 Å². The standard InChI is InChI=1S/C16H13NO3/c18-16-13-4-2-1-3-12(13)9-17(16)8-11-5-6-14-15(7-11)20-10-19-14/h1-7H,8-10H2. The molecule has 4 rings (SSSR count). The number of carbonyl (C=O) groups is 1. The first-order valence-electron chi connectivity index (χ1n) is 6.57. The molecule has 1 amide bonds. The Kier molecular flexibility index (Phi) is 2.42. The second-order valence-corrected chi connectivity index (χ2v) is 5.01. The molecule has 2 aliphatic heterocycles. The van der Waals surface area contributed by atoms with E-state index in [2.05, 4.69) is 0 Å². The van der Waals surface area contributed by atoms with Crippen molar-refractivity contribution >= 4 is 5.91 Å². The smallest absolute Gasteiger partial charge is 0.254 e. The molecule has 0 saturated carbocycles. The number of fused-ring (bicyclic) bond motifs is 2. The van der Waals surface area contributed by atoms with E-state index in [-0.39, 0.29) is 12.7 Å². The van der Waals surface area contributed by atoms with E-state index in [1.54, 1.807) is 0 Å². The van der Waals surface area contributed by atoms with Gasteiger partial charge in [-0.15, -0.1) is 0 Å². The van der Waals surface area contributed by atoms with Crippen LogP contribution in [0.4, 0.5) is 0 Å². The molecule has 2 aromatic carbocycles. The highest BCUT2D eigenvalue weighted by atomic mass is 16.7. The monoisotopic (exact) mass is 267 g/mol. The maximum Gasteiger partial charge on any atom is 0.254 e. The van der Waals surface area contributed by atoms with Gasteiger partial charge in [-0.3, -0.25) is 4.79 Å². The molecule has 0 atom stereocenters. The number of hydrogen-bond acceptors (Lipinski definition) is 3. The normalized spacial score (nSPS) is 15.6. The predicted octanol–water partition coefficient (Wildman–Crippen LogP) is 2.57. The second kappa shape index (κ2) is 4.27. The summed E-state index contributed by atoms with van der Waals surface area (Å²) < 4.78 is 10.7. The van der Waals surface area contributed by atoms with Gasteiger partial charge >= 0.3 is 0 Å². The Hall–Kier alpha value is -2.49. The number of carbonyl (C=O) groups excluding carboxylic acids is 1.